The number of carbonyl (C=O) groups excluding carboxylic acids is 1. The van der Waals surface area contributed by atoms with Crippen LogP contribution in [0.3, 0.4) is 0 Å². The molecule has 4 rings (SSSR count). The van der Waals surface area contributed by atoms with Crippen molar-refractivity contribution in [2.75, 3.05) is 16.0 Å². The molecule has 1 amide bonds. The number of benzene rings is 3. The summed E-state index contributed by atoms with van der Waals surface area (Å²) in [6.07, 6.45) is 0. The number of hydrogen-bond donors (Lipinski definition) is 3. The number of nitrogens with zero attached hydrogens (tertiary/aromatic N) is 2. The van der Waals surface area contributed by atoms with Gasteiger partial charge in [0.25, 0.3) is 5.91 Å². The first-order valence-corrected chi connectivity index (χ1v) is 11.2. The van der Waals surface area contributed by atoms with Gasteiger partial charge in [0.2, 0.25) is 0 Å². The van der Waals surface area contributed by atoms with E-state index in [1.54, 1.807) is 0 Å². The summed E-state index contributed by atoms with van der Waals surface area (Å²) in [7, 11) is 0. The van der Waals surface area contributed by atoms with Crippen LogP contribution in [0.15, 0.2) is 78.9 Å². The molecule has 1 heterocycles. The highest BCUT2D eigenvalue weighted by Crippen LogP contribution is 2.22. The summed E-state index contributed by atoms with van der Waals surface area (Å²) in [6.45, 7) is 3.91. The zero-order valence-corrected chi connectivity index (χ0v) is 19.8. The molecule has 0 unspecified atom stereocenters. The first-order valence-electron chi connectivity index (χ1n) is 10.1. The third kappa shape index (κ3) is 5.82. The van der Waals surface area contributed by atoms with E-state index in [1.807, 2.05) is 85.8 Å². The second-order valence-electron chi connectivity index (χ2n) is 7.34. The van der Waals surface area contributed by atoms with Crippen molar-refractivity contribution < 1.29 is 4.79 Å². The van der Waals surface area contributed by atoms with E-state index in [1.165, 1.54) is 5.56 Å². The van der Waals surface area contributed by atoms with Crippen LogP contribution < -0.4 is 16.0 Å². The van der Waals surface area contributed by atoms with Crippen LogP contribution in [-0.2, 0) is 0 Å². The van der Waals surface area contributed by atoms with Crippen LogP contribution in [0.2, 0.25) is 0 Å². The van der Waals surface area contributed by atoms with E-state index in [2.05, 4.69) is 55.4 Å². The highest BCUT2D eigenvalue weighted by Gasteiger charge is 2.07. The molecular weight excluding hydrogens is 513 g/mol. The predicted octanol–water partition coefficient (Wildman–Crippen LogP) is 6.44. The average Bonchev–Trinajstić information content (AvgIpc) is 2.77. The molecule has 0 radical (unpaired) electrons. The van der Waals surface area contributed by atoms with E-state index in [0.717, 1.165) is 20.6 Å². The van der Waals surface area contributed by atoms with Gasteiger partial charge in [0.05, 0.1) is 0 Å². The van der Waals surface area contributed by atoms with Gasteiger partial charge in [0.1, 0.15) is 17.5 Å². The first-order chi connectivity index (χ1) is 15.4. The molecule has 0 saturated carbocycles. The van der Waals surface area contributed by atoms with E-state index in [4.69, 9.17) is 0 Å². The van der Waals surface area contributed by atoms with Crippen LogP contribution in [0.5, 0.6) is 0 Å². The minimum absolute atomic E-state index is 0.139. The number of hydrogen-bond acceptors (Lipinski definition) is 5. The Morgan fingerprint density at radius 1 is 0.719 bits per heavy atom. The van der Waals surface area contributed by atoms with Gasteiger partial charge < -0.3 is 16.0 Å². The highest BCUT2D eigenvalue weighted by atomic mass is 127. The third-order valence-electron chi connectivity index (χ3n) is 4.68. The molecule has 0 saturated heterocycles. The molecule has 6 nitrogen and oxygen atoms in total. The second kappa shape index (κ2) is 9.78. The summed E-state index contributed by atoms with van der Waals surface area (Å²) in [5.41, 5.74) is 4.37. The molecule has 0 spiro atoms. The Kier molecular flexibility index (Phi) is 6.65. The number of rotatable bonds is 6. The summed E-state index contributed by atoms with van der Waals surface area (Å²) < 4.78 is 1.09. The minimum Gasteiger partial charge on any atom is -0.340 e. The van der Waals surface area contributed by atoms with E-state index in [0.29, 0.717) is 23.0 Å². The lowest BCUT2D eigenvalue weighted by molar-refractivity contribution is 0.102. The lowest BCUT2D eigenvalue weighted by Crippen LogP contribution is -2.11. The first kappa shape index (κ1) is 21.8. The van der Waals surface area contributed by atoms with Gasteiger partial charge in [-0.05, 0) is 97.1 Å². The smallest absolute Gasteiger partial charge is 0.255 e. The zero-order chi connectivity index (χ0) is 22.5. The molecule has 0 bridgehead atoms. The molecule has 32 heavy (non-hydrogen) atoms. The molecule has 1 aromatic heterocycles. The number of nitrogens with one attached hydrogen (secondary N) is 3. The molecule has 0 aliphatic rings. The summed E-state index contributed by atoms with van der Waals surface area (Å²) in [6, 6.07) is 24.9. The standard InChI is InChI=1S/C25H22IN5O/c1-16-3-9-20(10-4-16)29-23-15-24(28-17(2)27-23)30-21-11-13-22(14-12-21)31-25(32)18-5-7-19(26)8-6-18/h3-15H,1-2H3,(H,31,32)(H2,27,28,29,30). The van der Waals surface area contributed by atoms with Gasteiger partial charge in [0.15, 0.2) is 0 Å². The van der Waals surface area contributed by atoms with Crippen LogP contribution in [0.1, 0.15) is 21.7 Å². The minimum atomic E-state index is -0.139. The summed E-state index contributed by atoms with van der Waals surface area (Å²) in [5.74, 6) is 1.92. The van der Waals surface area contributed by atoms with E-state index in [9.17, 15) is 4.79 Å². The Balaban J connectivity index is 1.42. The molecule has 3 aromatic carbocycles. The van der Waals surface area contributed by atoms with E-state index in [-0.39, 0.29) is 5.91 Å². The van der Waals surface area contributed by atoms with Crippen LogP contribution >= 0.6 is 22.6 Å². The van der Waals surface area contributed by atoms with Crippen molar-refractivity contribution in [1.82, 2.24) is 9.97 Å². The summed E-state index contributed by atoms with van der Waals surface area (Å²) >= 11 is 2.21. The number of aryl methyl sites for hydroxylation is 2. The Hall–Kier alpha value is -3.46. The number of halogens is 1. The molecule has 0 aliphatic carbocycles. The van der Waals surface area contributed by atoms with Gasteiger partial charge in [0, 0.05) is 32.3 Å². The molecule has 0 fully saturated rings. The molecule has 4 aromatic rings. The van der Waals surface area contributed by atoms with E-state index < -0.39 is 0 Å². The number of amides is 1. The predicted molar refractivity (Wildman–Crippen MR) is 138 cm³/mol. The zero-order valence-electron chi connectivity index (χ0n) is 17.7. The Morgan fingerprint density at radius 2 is 1.22 bits per heavy atom. The number of anilines is 5. The van der Waals surface area contributed by atoms with Crippen molar-refractivity contribution in [1.29, 1.82) is 0 Å². The molecule has 160 valence electrons. The monoisotopic (exact) mass is 535 g/mol. The quantitative estimate of drug-likeness (QED) is 0.248. The highest BCUT2D eigenvalue weighted by molar-refractivity contribution is 14.1. The SMILES string of the molecule is Cc1ccc(Nc2cc(Nc3ccc(NC(=O)c4ccc(I)cc4)cc3)nc(C)n2)cc1. The van der Waals surface area contributed by atoms with Crippen molar-refractivity contribution in [3.63, 3.8) is 0 Å². The van der Waals surface area contributed by atoms with Gasteiger partial charge in [-0.2, -0.15) is 0 Å². The van der Waals surface area contributed by atoms with Crippen LogP contribution in [0.4, 0.5) is 28.7 Å². The topological polar surface area (TPSA) is 78.9 Å². The van der Waals surface area contributed by atoms with Crippen LogP contribution in [0, 0.1) is 17.4 Å². The van der Waals surface area contributed by atoms with Crippen molar-refractivity contribution in [3.8, 4) is 0 Å². The van der Waals surface area contributed by atoms with Crippen molar-refractivity contribution >= 4 is 57.2 Å². The lowest BCUT2D eigenvalue weighted by atomic mass is 10.2. The van der Waals surface area contributed by atoms with Crippen molar-refractivity contribution in [2.45, 2.75) is 13.8 Å². The summed E-state index contributed by atoms with van der Waals surface area (Å²) in [4.78, 5) is 21.3. The van der Waals surface area contributed by atoms with Crippen LogP contribution in [-0.4, -0.2) is 15.9 Å². The van der Waals surface area contributed by atoms with Gasteiger partial charge in [-0.3, -0.25) is 4.79 Å². The van der Waals surface area contributed by atoms with Crippen molar-refractivity contribution in [3.05, 3.63) is 99.4 Å². The van der Waals surface area contributed by atoms with Gasteiger partial charge in [-0.1, -0.05) is 17.7 Å². The Labute approximate surface area is 200 Å². The largest absolute Gasteiger partial charge is 0.340 e. The fourth-order valence-electron chi connectivity index (χ4n) is 3.07. The average molecular weight is 535 g/mol. The lowest BCUT2D eigenvalue weighted by Gasteiger charge is -2.11. The number of aromatic nitrogens is 2. The molecule has 3 N–H and O–H groups in total. The van der Waals surface area contributed by atoms with Crippen molar-refractivity contribution in [2.24, 2.45) is 0 Å². The second-order valence-corrected chi connectivity index (χ2v) is 8.59. The van der Waals surface area contributed by atoms with Crippen LogP contribution in [0.25, 0.3) is 0 Å². The normalized spacial score (nSPS) is 10.5. The van der Waals surface area contributed by atoms with Gasteiger partial charge in [-0.25, -0.2) is 9.97 Å². The Bertz CT molecular complexity index is 1220. The van der Waals surface area contributed by atoms with Gasteiger partial charge in [-0.15, -0.1) is 0 Å². The molecule has 0 aliphatic heterocycles. The summed E-state index contributed by atoms with van der Waals surface area (Å²) in [5, 5.41) is 9.52. The van der Waals surface area contributed by atoms with Gasteiger partial charge >= 0.3 is 0 Å². The maximum absolute atomic E-state index is 12.4. The maximum atomic E-state index is 12.4. The third-order valence-corrected chi connectivity index (χ3v) is 5.40. The fraction of sp³-hybridized carbons (Fsp3) is 0.0800. The Morgan fingerprint density at radius 3 is 1.78 bits per heavy atom. The fourth-order valence-corrected chi connectivity index (χ4v) is 3.43. The van der Waals surface area contributed by atoms with E-state index >= 15 is 0 Å². The molecule has 0 atom stereocenters. The molecule has 7 heteroatoms. The molecular formula is C25H22IN5O. The number of carbonyl (C=O) groups is 1. The maximum Gasteiger partial charge on any atom is 0.255 e.